The van der Waals surface area contributed by atoms with Gasteiger partial charge in [-0.15, -0.1) is 0 Å². The van der Waals surface area contributed by atoms with E-state index in [-0.39, 0.29) is 18.4 Å². The van der Waals surface area contributed by atoms with Crippen LogP contribution in [0, 0.1) is 5.41 Å². The van der Waals surface area contributed by atoms with E-state index in [1.807, 2.05) is 31.2 Å². The second-order valence-corrected chi connectivity index (χ2v) is 9.55. The van der Waals surface area contributed by atoms with Crippen molar-refractivity contribution in [1.82, 2.24) is 0 Å². The van der Waals surface area contributed by atoms with Crippen LogP contribution in [-0.4, -0.2) is 29.1 Å². The number of Topliss-reactive ketones (excluding diaryl/α,β-unsaturated/α-hetero) is 1. The SMILES string of the molecule is CCc1ccc(NC(=O)Nc2ccc(-c3ccc4c(c3)CCC(CC(=O)O)(CC(F)(F)F)C4=O)cc2)cc1. The maximum absolute atomic E-state index is 13.2. The number of alkyl halides is 3. The summed E-state index contributed by atoms with van der Waals surface area (Å²) in [4.78, 5) is 36.7. The number of amides is 2. The van der Waals surface area contributed by atoms with Crippen LogP contribution in [0.3, 0.4) is 0 Å². The lowest BCUT2D eigenvalue weighted by Gasteiger charge is -2.36. The highest BCUT2D eigenvalue weighted by atomic mass is 19.4. The normalized spacial score (nSPS) is 17.0. The zero-order valence-corrected chi connectivity index (χ0v) is 20.7. The lowest BCUT2D eigenvalue weighted by molar-refractivity contribution is -0.160. The molecule has 4 rings (SSSR count). The number of urea groups is 1. The van der Waals surface area contributed by atoms with Gasteiger partial charge in [-0.2, -0.15) is 13.2 Å². The molecule has 0 fully saturated rings. The lowest BCUT2D eigenvalue weighted by atomic mass is 9.66. The van der Waals surface area contributed by atoms with E-state index in [9.17, 15) is 32.7 Å². The molecule has 198 valence electrons. The average molecular weight is 525 g/mol. The first kappa shape index (κ1) is 26.9. The molecule has 0 saturated carbocycles. The lowest BCUT2D eigenvalue weighted by Crippen LogP contribution is -2.41. The molecule has 0 heterocycles. The Bertz CT molecular complexity index is 1350. The van der Waals surface area contributed by atoms with Crippen LogP contribution in [0.1, 0.15) is 47.7 Å². The molecular formula is C29H27F3N2O4. The molecule has 3 N–H and O–H groups in total. The molecule has 0 aliphatic heterocycles. The first-order valence-electron chi connectivity index (χ1n) is 12.2. The summed E-state index contributed by atoms with van der Waals surface area (Å²) in [5.74, 6) is -2.21. The zero-order valence-electron chi connectivity index (χ0n) is 20.7. The summed E-state index contributed by atoms with van der Waals surface area (Å²) in [7, 11) is 0. The number of rotatable bonds is 7. The number of aryl methyl sites for hydroxylation is 2. The molecule has 0 spiro atoms. The molecule has 0 saturated heterocycles. The van der Waals surface area contributed by atoms with Gasteiger partial charge in [0.15, 0.2) is 5.78 Å². The monoisotopic (exact) mass is 524 g/mol. The minimum Gasteiger partial charge on any atom is -0.481 e. The molecule has 3 aromatic rings. The van der Waals surface area contributed by atoms with E-state index in [0.29, 0.717) is 16.9 Å². The minimum atomic E-state index is -4.66. The standard InChI is InChI=1S/C29H27F3N2O4/c1-2-18-3-8-22(9-4-18)33-27(38)34-23-10-5-19(6-11-23)20-7-12-24-21(15-20)13-14-28(26(24)37,16-25(35)36)17-29(30,31)32/h3-12,15H,2,13-14,16-17H2,1H3,(H,35,36)(H2,33,34,38). The summed E-state index contributed by atoms with van der Waals surface area (Å²) in [6.07, 6.45) is -6.10. The fourth-order valence-corrected chi connectivity index (χ4v) is 4.91. The third-order valence-corrected chi connectivity index (χ3v) is 6.83. The second-order valence-electron chi connectivity index (χ2n) is 9.55. The van der Waals surface area contributed by atoms with Gasteiger partial charge >= 0.3 is 18.2 Å². The Morgan fingerprint density at radius 3 is 2.05 bits per heavy atom. The van der Waals surface area contributed by atoms with Gasteiger partial charge in [0.25, 0.3) is 0 Å². The minimum absolute atomic E-state index is 0.132. The van der Waals surface area contributed by atoms with Crippen molar-refractivity contribution in [3.8, 4) is 11.1 Å². The Kier molecular flexibility index (Phi) is 7.57. The molecule has 6 nitrogen and oxygen atoms in total. The van der Waals surface area contributed by atoms with Crippen molar-refractivity contribution in [2.45, 2.75) is 45.2 Å². The van der Waals surface area contributed by atoms with E-state index in [1.54, 1.807) is 36.4 Å². The maximum atomic E-state index is 13.2. The summed E-state index contributed by atoms with van der Waals surface area (Å²) >= 11 is 0. The molecule has 2 amide bonds. The van der Waals surface area contributed by atoms with Crippen molar-refractivity contribution >= 4 is 29.2 Å². The number of hydrogen-bond acceptors (Lipinski definition) is 3. The molecule has 0 aromatic heterocycles. The van der Waals surface area contributed by atoms with Crippen molar-refractivity contribution in [3.63, 3.8) is 0 Å². The number of nitrogens with one attached hydrogen (secondary N) is 2. The summed E-state index contributed by atoms with van der Waals surface area (Å²) < 4.78 is 39.7. The van der Waals surface area contributed by atoms with Crippen LogP contribution in [-0.2, 0) is 17.6 Å². The molecule has 9 heteroatoms. The van der Waals surface area contributed by atoms with Gasteiger partial charge in [-0.3, -0.25) is 9.59 Å². The van der Waals surface area contributed by atoms with Crippen LogP contribution in [0.4, 0.5) is 29.3 Å². The molecular weight excluding hydrogens is 497 g/mol. The first-order chi connectivity index (χ1) is 18.0. The quantitative estimate of drug-likeness (QED) is 0.307. The van der Waals surface area contributed by atoms with E-state index >= 15 is 0 Å². The predicted octanol–water partition coefficient (Wildman–Crippen LogP) is 7.10. The molecule has 1 atom stereocenters. The number of carbonyl (C=O) groups is 3. The fourth-order valence-electron chi connectivity index (χ4n) is 4.91. The summed E-state index contributed by atoms with van der Waals surface area (Å²) in [5.41, 5.74) is 2.67. The summed E-state index contributed by atoms with van der Waals surface area (Å²) in [5, 5.41) is 14.7. The molecule has 3 aromatic carbocycles. The van der Waals surface area contributed by atoms with Crippen LogP contribution in [0.2, 0.25) is 0 Å². The van der Waals surface area contributed by atoms with Crippen molar-refractivity contribution in [2.24, 2.45) is 5.41 Å². The number of hydrogen-bond donors (Lipinski definition) is 3. The topological polar surface area (TPSA) is 95.5 Å². The maximum Gasteiger partial charge on any atom is 0.390 e. The Morgan fingerprint density at radius 2 is 1.50 bits per heavy atom. The van der Waals surface area contributed by atoms with E-state index in [1.165, 1.54) is 11.6 Å². The Labute approximate surface area is 217 Å². The van der Waals surface area contributed by atoms with Gasteiger partial charge in [0, 0.05) is 16.9 Å². The number of aliphatic carboxylic acids is 1. The number of carbonyl (C=O) groups excluding carboxylic acids is 2. The first-order valence-corrected chi connectivity index (χ1v) is 12.2. The van der Waals surface area contributed by atoms with Gasteiger partial charge in [0.1, 0.15) is 0 Å². The number of benzene rings is 3. The van der Waals surface area contributed by atoms with E-state index in [2.05, 4.69) is 10.6 Å². The number of halogens is 3. The van der Waals surface area contributed by atoms with E-state index in [4.69, 9.17) is 0 Å². The smallest absolute Gasteiger partial charge is 0.390 e. The van der Waals surface area contributed by atoms with Crippen LogP contribution in [0.25, 0.3) is 11.1 Å². The largest absolute Gasteiger partial charge is 0.481 e. The molecule has 38 heavy (non-hydrogen) atoms. The van der Waals surface area contributed by atoms with Gasteiger partial charge in [-0.25, -0.2) is 4.79 Å². The highest BCUT2D eigenvalue weighted by molar-refractivity contribution is 6.05. The molecule has 1 aliphatic rings. The van der Waals surface area contributed by atoms with Crippen LogP contribution in [0.15, 0.2) is 66.7 Å². The van der Waals surface area contributed by atoms with Gasteiger partial charge in [0.2, 0.25) is 0 Å². The number of carboxylic acid groups (broad SMARTS) is 1. The zero-order chi connectivity index (χ0) is 27.5. The number of fused-ring (bicyclic) bond motifs is 1. The molecule has 0 bridgehead atoms. The molecule has 0 radical (unpaired) electrons. The third kappa shape index (κ3) is 6.22. The van der Waals surface area contributed by atoms with Crippen LogP contribution < -0.4 is 10.6 Å². The van der Waals surface area contributed by atoms with Crippen LogP contribution in [0.5, 0.6) is 0 Å². The molecule has 1 unspecified atom stereocenters. The Hall–Kier alpha value is -4.14. The van der Waals surface area contributed by atoms with Crippen molar-refractivity contribution in [2.75, 3.05) is 10.6 Å². The second kappa shape index (κ2) is 10.7. The number of anilines is 2. The third-order valence-electron chi connectivity index (χ3n) is 6.83. The Morgan fingerprint density at radius 1 is 0.921 bits per heavy atom. The Balaban J connectivity index is 1.47. The predicted molar refractivity (Wildman–Crippen MR) is 138 cm³/mol. The van der Waals surface area contributed by atoms with Crippen molar-refractivity contribution < 1.29 is 32.7 Å². The van der Waals surface area contributed by atoms with Crippen LogP contribution >= 0.6 is 0 Å². The highest BCUT2D eigenvalue weighted by Crippen LogP contribution is 2.46. The fraction of sp³-hybridized carbons (Fsp3) is 0.276. The van der Waals surface area contributed by atoms with Gasteiger partial charge in [-0.1, -0.05) is 49.4 Å². The van der Waals surface area contributed by atoms with Gasteiger partial charge < -0.3 is 15.7 Å². The number of carboxylic acids is 1. The van der Waals surface area contributed by atoms with Gasteiger partial charge in [0.05, 0.1) is 18.3 Å². The average Bonchev–Trinajstić information content (AvgIpc) is 2.86. The van der Waals surface area contributed by atoms with Crippen molar-refractivity contribution in [1.29, 1.82) is 0 Å². The highest BCUT2D eigenvalue weighted by Gasteiger charge is 2.50. The van der Waals surface area contributed by atoms with Gasteiger partial charge in [-0.05, 0) is 65.8 Å². The number of ketones is 1. The molecule has 1 aliphatic carbocycles. The van der Waals surface area contributed by atoms with E-state index < -0.39 is 42.2 Å². The van der Waals surface area contributed by atoms with E-state index in [0.717, 1.165) is 17.5 Å². The summed E-state index contributed by atoms with van der Waals surface area (Å²) in [6.45, 7) is 2.05. The summed E-state index contributed by atoms with van der Waals surface area (Å²) in [6, 6.07) is 19.0. The van der Waals surface area contributed by atoms with Crippen molar-refractivity contribution in [3.05, 3.63) is 83.4 Å².